The molecular formula is C15H8BrI2NO2. The Balaban J connectivity index is 2.10. The number of hydrogen-bond donors (Lipinski definition) is 1. The van der Waals surface area contributed by atoms with Gasteiger partial charge in [-0.05, 0) is 30.3 Å². The van der Waals surface area contributed by atoms with Gasteiger partial charge in [-0.25, -0.2) is 0 Å². The maximum atomic E-state index is 12.7. The Morgan fingerprint density at radius 1 is 1.10 bits per heavy atom. The molecule has 1 aliphatic heterocycles. The number of halogens is 3. The van der Waals surface area contributed by atoms with Crippen LogP contribution in [0.2, 0.25) is 0 Å². The van der Waals surface area contributed by atoms with Crippen LogP contribution in [0.3, 0.4) is 0 Å². The van der Waals surface area contributed by atoms with E-state index in [0.717, 1.165) is 10.0 Å². The number of carbonyl (C=O) groups excluding carboxylic acids is 2. The van der Waals surface area contributed by atoms with Gasteiger partial charge in [0.15, 0.2) is 7.21 Å². The lowest BCUT2D eigenvalue weighted by Crippen LogP contribution is -2.19. The van der Waals surface area contributed by atoms with Crippen LogP contribution in [0.4, 0.5) is 5.69 Å². The molecule has 1 heterocycles. The van der Waals surface area contributed by atoms with Crippen LogP contribution in [0, 0.1) is 0 Å². The van der Waals surface area contributed by atoms with Gasteiger partial charge in [0.1, 0.15) is 0 Å². The van der Waals surface area contributed by atoms with E-state index in [2.05, 4.69) is 66.4 Å². The van der Waals surface area contributed by atoms with Gasteiger partial charge in [0.2, 0.25) is 0 Å². The molecule has 21 heavy (non-hydrogen) atoms. The molecule has 0 radical (unpaired) electrons. The fourth-order valence-corrected chi connectivity index (χ4v) is 3.64. The van der Waals surface area contributed by atoms with Crippen LogP contribution >= 0.6 is 61.1 Å². The number of carbonyl (C=O) groups is 2. The van der Waals surface area contributed by atoms with Gasteiger partial charge in [-0.1, -0.05) is 73.2 Å². The van der Waals surface area contributed by atoms with Gasteiger partial charge in [-0.2, -0.15) is 0 Å². The number of benzene rings is 2. The Hall–Kier alpha value is -0.480. The minimum absolute atomic E-state index is 0.0925. The quantitative estimate of drug-likeness (QED) is 0.326. The summed E-state index contributed by atoms with van der Waals surface area (Å²) in [6.45, 7) is 0. The molecule has 0 saturated heterocycles. The summed E-state index contributed by atoms with van der Waals surface area (Å²) in [6.07, 6.45) is 0. The Bertz CT molecular complexity index is 757. The smallest absolute Gasteiger partial charge is 0.255 e. The molecule has 6 heteroatoms. The average molecular weight is 568 g/mol. The third kappa shape index (κ3) is 2.65. The van der Waals surface area contributed by atoms with Crippen molar-refractivity contribution in [1.82, 2.24) is 0 Å². The first-order chi connectivity index (χ1) is 9.91. The molecule has 0 fully saturated rings. The number of fused-ring (bicyclic) bond motifs is 1. The lowest BCUT2D eigenvalue weighted by atomic mass is 9.99. The van der Waals surface area contributed by atoms with Crippen molar-refractivity contribution in [3.63, 3.8) is 0 Å². The predicted molar refractivity (Wildman–Crippen MR) is 102 cm³/mol. The number of alkyl halides is 2. The molecule has 1 amide bonds. The highest BCUT2D eigenvalue weighted by molar-refractivity contribution is 14.2. The molecule has 0 aromatic heterocycles. The number of anilines is 1. The van der Waals surface area contributed by atoms with E-state index in [-0.39, 0.29) is 11.7 Å². The van der Waals surface area contributed by atoms with Crippen LogP contribution in [-0.4, -0.2) is 11.7 Å². The van der Waals surface area contributed by atoms with Gasteiger partial charge < -0.3 is 5.32 Å². The van der Waals surface area contributed by atoms with Gasteiger partial charge in [0.05, 0.1) is 5.69 Å². The van der Waals surface area contributed by atoms with Crippen LogP contribution in [0.1, 0.15) is 21.5 Å². The largest absolute Gasteiger partial charge is 0.323 e. The number of para-hydroxylation sites is 1. The zero-order valence-electron chi connectivity index (χ0n) is 10.5. The summed E-state index contributed by atoms with van der Waals surface area (Å²) in [5.41, 5.74) is 2.59. The van der Waals surface area contributed by atoms with Crippen molar-refractivity contribution >= 4 is 78.5 Å². The Kier molecular flexibility index (Phi) is 4.12. The lowest BCUT2D eigenvalue weighted by molar-refractivity contribution is -0.115. The maximum absolute atomic E-state index is 12.7. The standard InChI is InChI=1S/C15H8BrI2NO2/c16-9-6-4-8(5-7-9)13(20)10-2-1-3-11-12(10)19-14(21)15(11,17)18/h1-7H,(H,19,21). The second-order valence-corrected chi connectivity index (χ2v) is 10.8. The zero-order valence-corrected chi connectivity index (χ0v) is 16.4. The Morgan fingerprint density at radius 3 is 2.43 bits per heavy atom. The van der Waals surface area contributed by atoms with Gasteiger partial charge >= 0.3 is 0 Å². The molecular weight excluding hydrogens is 560 g/mol. The lowest BCUT2D eigenvalue weighted by Gasteiger charge is -2.11. The molecule has 3 nitrogen and oxygen atoms in total. The van der Waals surface area contributed by atoms with E-state index in [1.54, 1.807) is 18.2 Å². The number of hydrogen-bond acceptors (Lipinski definition) is 2. The summed E-state index contributed by atoms with van der Waals surface area (Å²) < 4.78 is 0.255. The van der Waals surface area contributed by atoms with E-state index in [4.69, 9.17) is 0 Å². The van der Waals surface area contributed by atoms with E-state index >= 15 is 0 Å². The van der Waals surface area contributed by atoms with Crippen LogP contribution in [0.25, 0.3) is 0 Å². The number of amides is 1. The first kappa shape index (κ1) is 15.4. The van der Waals surface area contributed by atoms with E-state index in [9.17, 15) is 9.59 Å². The van der Waals surface area contributed by atoms with Crippen molar-refractivity contribution in [2.75, 3.05) is 5.32 Å². The van der Waals surface area contributed by atoms with Crippen molar-refractivity contribution in [1.29, 1.82) is 0 Å². The second kappa shape index (κ2) is 5.62. The minimum atomic E-state index is -0.666. The van der Waals surface area contributed by atoms with E-state index in [1.807, 2.05) is 24.3 Å². The minimum Gasteiger partial charge on any atom is -0.323 e. The van der Waals surface area contributed by atoms with Crippen molar-refractivity contribution in [3.8, 4) is 0 Å². The fourth-order valence-electron chi connectivity index (χ4n) is 2.21. The van der Waals surface area contributed by atoms with Crippen molar-refractivity contribution in [2.24, 2.45) is 0 Å². The molecule has 3 rings (SSSR count). The maximum Gasteiger partial charge on any atom is 0.255 e. The normalized spacial score (nSPS) is 15.5. The molecule has 0 spiro atoms. The summed E-state index contributed by atoms with van der Waals surface area (Å²) in [6, 6.07) is 12.6. The number of rotatable bonds is 2. The third-order valence-corrected chi connectivity index (χ3v) is 5.95. The average Bonchev–Trinajstić information content (AvgIpc) is 2.69. The van der Waals surface area contributed by atoms with Crippen LogP contribution in [-0.2, 0) is 6.22 Å². The molecule has 1 N–H and O–H groups in total. The van der Waals surface area contributed by atoms with Crippen LogP contribution < -0.4 is 5.32 Å². The highest BCUT2D eigenvalue weighted by atomic mass is 127. The monoisotopic (exact) mass is 567 g/mol. The molecule has 0 saturated carbocycles. The molecule has 0 unspecified atom stereocenters. The van der Waals surface area contributed by atoms with E-state index < -0.39 is 1.43 Å². The van der Waals surface area contributed by atoms with E-state index in [0.29, 0.717) is 16.8 Å². The third-order valence-electron chi connectivity index (χ3n) is 3.28. The highest BCUT2D eigenvalue weighted by Crippen LogP contribution is 2.49. The van der Waals surface area contributed by atoms with Crippen LogP contribution in [0.15, 0.2) is 46.9 Å². The predicted octanol–water partition coefficient (Wildman–Crippen LogP) is 4.66. The molecule has 2 aromatic carbocycles. The number of nitrogens with one attached hydrogen (secondary N) is 1. The molecule has 0 bridgehead atoms. The van der Waals surface area contributed by atoms with Crippen LogP contribution in [0.5, 0.6) is 0 Å². The van der Waals surface area contributed by atoms with E-state index in [1.165, 1.54) is 0 Å². The Morgan fingerprint density at radius 2 is 1.76 bits per heavy atom. The highest BCUT2D eigenvalue weighted by Gasteiger charge is 2.43. The summed E-state index contributed by atoms with van der Waals surface area (Å²) in [5.74, 6) is -0.195. The van der Waals surface area contributed by atoms with Gasteiger partial charge in [0.25, 0.3) is 5.91 Å². The summed E-state index contributed by atoms with van der Waals surface area (Å²) >= 11 is 7.55. The molecule has 106 valence electrons. The summed E-state index contributed by atoms with van der Waals surface area (Å²) in [5, 5.41) is 2.83. The second-order valence-electron chi connectivity index (χ2n) is 4.59. The molecule has 2 aromatic rings. The van der Waals surface area contributed by atoms with Gasteiger partial charge in [-0.3, -0.25) is 9.59 Å². The SMILES string of the molecule is O=C(c1ccc(Br)cc1)c1cccc2c1NC(=O)C2(I)I. The fraction of sp³-hybridized carbons (Fsp3) is 0.0667. The molecule has 0 atom stereocenters. The van der Waals surface area contributed by atoms with Gasteiger partial charge in [0, 0.05) is 21.2 Å². The topological polar surface area (TPSA) is 46.2 Å². The molecule has 1 aliphatic rings. The van der Waals surface area contributed by atoms with Crippen molar-refractivity contribution < 1.29 is 9.59 Å². The summed E-state index contributed by atoms with van der Waals surface area (Å²) in [7, 11) is 0. The van der Waals surface area contributed by atoms with Crippen molar-refractivity contribution in [2.45, 2.75) is 1.43 Å². The first-order valence-corrected chi connectivity index (χ1v) is 8.99. The zero-order chi connectivity index (χ0) is 15.2. The number of ketones is 1. The van der Waals surface area contributed by atoms with Gasteiger partial charge in [-0.15, -0.1) is 0 Å². The summed E-state index contributed by atoms with van der Waals surface area (Å²) in [4.78, 5) is 24.7. The first-order valence-electron chi connectivity index (χ1n) is 6.04. The molecule has 0 aliphatic carbocycles. The Labute approximate surface area is 157 Å². The van der Waals surface area contributed by atoms with Crippen molar-refractivity contribution in [3.05, 3.63) is 63.6 Å².